The Morgan fingerprint density at radius 3 is 2.00 bits per heavy atom. The second-order valence-corrected chi connectivity index (χ2v) is 4.30. The zero-order chi connectivity index (χ0) is 16.5. The monoisotopic (exact) mass is 298 g/mol. The third-order valence-corrected chi connectivity index (χ3v) is 2.81. The molecule has 0 unspecified atom stereocenters. The molecule has 0 amide bonds. The number of nitrogens with zero attached hydrogens (tertiary/aromatic N) is 2. The number of hydrogen-bond acceptors (Lipinski definition) is 3. The number of nitro groups is 1. The summed E-state index contributed by atoms with van der Waals surface area (Å²) in [4.78, 5) is 10.4. The SMILES string of the molecule is N#Cc1ccccc1C#CC=CC#Cc1ccccc1[N+](=O)[O-]. The number of para-hydroxylation sites is 1. The van der Waals surface area contributed by atoms with Crippen LogP contribution in [0.1, 0.15) is 16.7 Å². The maximum absolute atomic E-state index is 10.8. The van der Waals surface area contributed by atoms with Gasteiger partial charge in [-0.2, -0.15) is 5.26 Å². The summed E-state index contributed by atoms with van der Waals surface area (Å²) < 4.78 is 0. The van der Waals surface area contributed by atoms with Crippen molar-refractivity contribution in [2.75, 3.05) is 0 Å². The zero-order valence-corrected chi connectivity index (χ0v) is 12.0. The molecule has 0 N–H and O–H groups in total. The topological polar surface area (TPSA) is 66.9 Å². The fourth-order valence-corrected chi connectivity index (χ4v) is 1.75. The van der Waals surface area contributed by atoms with Gasteiger partial charge in [-0.15, -0.1) is 0 Å². The number of nitro benzene ring substituents is 1. The lowest BCUT2D eigenvalue weighted by atomic mass is 10.1. The summed E-state index contributed by atoms with van der Waals surface area (Å²) in [6.07, 6.45) is 3.05. The maximum atomic E-state index is 10.8. The van der Waals surface area contributed by atoms with Crippen molar-refractivity contribution < 1.29 is 4.92 Å². The molecule has 0 saturated carbocycles. The molecule has 0 aliphatic heterocycles. The predicted molar refractivity (Wildman–Crippen MR) is 87.1 cm³/mol. The van der Waals surface area contributed by atoms with Crippen molar-refractivity contribution in [2.45, 2.75) is 0 Å². The Kier molecular flexibility index (Phi) is 5.31. The van der Waals surface area contributed by atoms with Gasteiger partial charge in [-0.25, -0.2) is 0 Å². The van der Waals surface area contributed by atoms with E-state index < -0.39 is 4.92 Å². The van der Waals surface area contributed by atoms with Gasteiger partial charge in [0.05, 0.1) is 10.5 Å². The largest absolute Gasteiger partial charge is 0.284 e. The van der Waals surface area contributed by atoms with Crippen molar-refractivity contribution in [1.29, 1.82) is 5.26 Å². The average molecular weight is 298 g/mol. The summed E-state index contributed by atoms with van der Waals surface area (Å²) >= 11 is 0. The van der Waals surface area contributed by atoms with E-state index in [0.717, 1.165) is 0 Å². The van der Waals surface area contributed by atoms with E-state index >= 15 is 0 Å². The van der Waals surface area contributed by atoms with E-state index in [1.807, 2.05) is 6.07 Å². The number of nitriles is 1. The first kappa shape index (κ1) is 15.6. The van der Waals surface area contributed by atoms with Crippen LogP contribution < -0.4 is 0 Å². The normalized spacial score (nSPS) is 9.17. The molecule has 4 nitrogen and oxygen atoms in total. The van der Waals surface area contributed by atoms with Crippen LogP contribution in [0.3, 0.4) is 0 Å². The third-order valence-electron chi connectivity index (χ3n) is 2.81. The molecule has 2 rings (SSSR count). The molecule has 0 atom stereocenters. The highest BCUT2D eigenvalue weighted by Crippen LogP contribution is 2.15. The lowest BCUT2D eigenvalue weighted by molar-refractivity contribution is -0.385. The van der Waals surface area contributed by atoms with Crippen molar-refractivity contribution in [1.82, 2.24) is 0 Å². The Hall–Kier alpha value is -3.81. The van der Waals surface area contributed by atoms with Crippen LogP contribution in [-0.4, -0.2) is 4.92 Å². The van der Waals surface area contributed by atoms with Crippen molar-refractivity contribution >= 4 is 5.69 Å². The van der Waals surface area contributed by atoms with Crippen LogP contribution in [0.15, 0.2) is 60.7 Å². The van der Waals surface area contributed by atoms with Crippen molar-refractivity contribution in [3.05, 3.63) is 87.5 Å². The molecule has 0 aliphatic carbocycles. The van der Waals surface area contributed by atoms with E-state index in [9.17, 15) is 10.1 Å². The van der Waals surface area contributed by atoms with Crippen LogP contribution in [-0.2, 0) is 0 Å². The van der Waals surface area contributed by atoms with E-state index in [4.69, 9.17) is 5.26 Å². The number of benzene rings is 2. The maximum Gasteiger partial charge on any atom is 0.284 e. The Labute approximate surface area is 133 Å². The fourth-order valence-electron chi connectivity index (χ4n) is 1.75. The Bertz CT molecular complexity index is 929. The molecule has 108 valence electrons. The zero-order valence-electron chi connectivity index (χ0n) is 12.0. The third kappa shape index (κ3) is 4.33. The lowest BCUT2D eigenvalue weighted by Gasteiger charge is -1.92. The number of hydrogen-bond donors (Lipinski definition) is 0. The van der Waals surface area contributed by atoms with Gasteiger partial charge in [0, 0.05) is 11.6 Å². The van der Waals surface area contributed by atoms with Gasteiger partial charge in [-0.05, 0) is 30.4 Å². The minimum Gasteiger partial charge on any atom is -0.258 e. The number of rotatable bonds is 1. The van der Waals surface area contributed by atoms with Gasteiger partial charge in [0.2, 0.25) is 0 Å². The molecule has 2 aromatic rings. The molecule has 0 aliphatic rings. The van der Waals surface area contributed by atoms with Crippen LogP contribution in [0.4, 0.5) is 5.69 Å². The summed E-state index contributed by atoms with van der Waals surface area (Å²) in [5.41, 5.74) is 1.48. The first-order valence-corrected chi connectivity index (χ1v) is 6.63. The summed E-state index contributed by atoms with van der Waals surface area (Å²) in [5.74, 6) is 11.1. The molecule has 0 aromatic heterocycles. The van der Waals surface area contributed by atoms with E-state index in [-0.39, 0.29) is 5.69 Å². The second kappa shape index (κ2) is 7.84. The highest BCUT2D eigenvalue weighted by atomic mass is 16.6. The summed E-state index contributed by atoms with van der Waals surface area (Å²) in [6.45, 7) is 0. The van der Waals surface area contributed by atoms with E-state index in [0.29, 0.717) is 16.7 Å². The van der Waals surface area contributed by atoms with Crippen molar-refractivity contribution in [2.24, 2.45) is 0 Å². The lowest BCUT2D eigenvalue weighted by Crippen LogP contribution is -1.90. The van der Waals surface area contributed by atoms with Crippen LogP contribution in [0.25, 0.3) is 0 Å². The van der Waals surface area contributed by atoms with Gasteiger partial charge < -0.3 is 0 Å². The Balaban J connectivity index is 2.12. The van der Waals surface area contributed by atoms with Gasteiger partial charge in [-0.1, -0.05) is 47.9 Å². The summed E-state index contributed by atoms with van der Waals surface area (Å²) in [6, 6.07) is 15.4. The minimum atomic E-state index is -0.466. The minimum absolute atomic E-state index is 0.0255. The van der Waals surface area contributed by atoms with Crippen molar-refractivity contribution in [3.8, 4) is 29.8 Å². The average Bonchev–Trinajstić information content (AvgIpc) is 2.58. The molecule has 2 aromatic carbocycles. The van der Waals surface area contributed by atoms with Gasteiger partial charge >= 0.3 is 0 Å². The van der Waals surface area contributed by atoms with Gasteiger partial charge in [0.15, 0.2) is 0 Å². The molecule has 4 heteroatoms. The quantitative estimate of drug-likeness (QED) is 0.460. The molecular formula is C19H10N2O2. The highest BCUT2D eigenvalue weighted by Gasteiger charge is 2.09. The molecule has 0 heterocycles. The van der Waals surface area contributed by atoms with E-state index in [1.165, 1.54) is 18.2 Å². The first-order chi connectivity index (χ1) is 11.2. The summed E-state index contributed by atoms with van der Waals surface area (Å²) in [7, 11) is 0. The standard InChI is InChI=1S/C19H10N2O2/c20-15-18-13-6-5-10-16(18)9-3-1-2-4-11-17-12-7-8-14-19(17)21(22)23/h1-2,5-8,10,12-14H. The Morgan fingerprint density at radius 2 is 1.39 bits per heavy atom. The van der Waals surface area contributed by atoms with Crippen LogP contribution in [0.2, 0.25) is 0 Å². The van der Waals surface area contributed by atoms with Gasteiger partial charge in [0.25, 0.3) is 5.69 Å². The molecule has 23 heavy (non-hydrogen) atoms. The van der Waals surface area contributed by atoms with Crippen LogP contribution >= 0.6 is 0 Å². The molecule has 0 bridgehead atoms. The fraction of sp³-hybridized carbons (Fsp3) is 0. The van der Waals surface area contributed by atoms with Crippen LogP contribution in [0.5, 0.6) is 0 Å². The number of allylic oxidation sites excluding steroid dienone is 2. The molecule has 0 spiro atoms. The predicted octanol–water partition coefficient (Wildman–Crippen LogP) is 3.43. The summed E-state index contributed by atoms with van der Waals surface area (Å²) in [5, 5.41) is 19.8. The van der Waals surface area contributed by atoms with Crippen LogP contribution in [0, 0.1) is 45.1 Å². The van der Waals surface area contributed by atoms with E-state index in [1.54, 1.807) is 36.4 Å². The highest BCUT2D eigenvalue weighted by molar-refractivity contribution is 5.52. The second-order valence-electron chi connectivity index (χ2n) is 4.30. The van der Waals surface area contributed by atoms with Gasteiger partial charge in [-0.3, -0.25) is 10.1 Å². The Morgan fingerprint density at radius 1 is 0.870 bits per heavy atom. The molecular weight excluding hydrogens is 288 g/mol. The first-order valence-electron chi connectivity index (χ1n) is 6.63. The molecule has 0 saturated heterocycles. The molecule has 0 fully saturated rings. The smallest absolute Gasteiger partial charge is 0.258 e. The van der Waals surface area contributed by atoms with E-state index in [2.05, 4.69) is 29.8 Å². The molecule has 0 radical (unpaired) electrons. The van der Waals surface area contributed by atoms with Gasteiger partial charge in [0.1, 0.15) is 11.6 Å². The van der Waals surface area contributed by atoms with Crippen molar-refractivity contribution in [3.63, 3.8) is 0 Å².